The molecule has 0 spiro atoms. The van der Waals surface area contributed by atoms with Gasteiger partial charge < -0.3 is 4.90 Å². The van der Waals surface area contributed by atoms with Crippen LogP contribution in [0.3, 0.4) is 0 Å². The summed E-state index contributed by atoms with van der Waals surface area (Å²) in [4.78, 5) is 34.1. The minimum absolute atomic E-state index is 0.0446. The normalized spacial score (nSPS) is 15.1. The van der Waals surface area contributed by atoms with Gasteiger partial charge in [0.25, 0.3) is 5.56 Å². The van der Waals surface area contributed by atoms with Crippen molar-refractivity contribution in [3.05, 3.63) is 68.5 Å². The predicted molar refractivity (Wildman–Crippen MR) is 119 cm³/mol. The van der Waals surface area contributed by atoms with E-state index in [1.807, 2.05) is 34.5 Å². The molecule has 152 valence electrons. The lowest BCUT2D eigenvalue weighted by molar-refractivity contribution is -0.130. The van der Waals surface area contributed by atoms with Gasteiger partial charge in [-0.3, -0.25) is 18.9 Å². The molecule has 1 aliphatic heterocycles. The van der Waals surface area contributed by atoms with Gasteiger partial charge in [-0.15, -0.1) is 23.1 Å². The van der Waals surface area contributed by atoms with E-state index in [-0.39, 0.29) is 11.5 Å². The zero-order valence-electron chi connectivity index (χ0n) is 15.8. The largest absolute Gasteiger partial charge is 0.339 e. The lowest BCUT2D eigenvalue weighted by atomic mass is 10.2. The van der Waals surface area contributed by atoms with Crippen molar-refractivity contribution in [1.82, 2.24) is 19.2 Å². The average Bonchev–Trinajstić information content (AvgIpc) is 3.18. The molecule has 3 heterocycles. The molecule has 1 saturated heterocycles. The Morgan fingerprint density at radius 3 is 2.83 bits per heavy atom. The van der Waals surface area contributed by atoms with Crippen molar-refractivity contribution >= 4 is 45.6 Å². The highest BCUT2D eigenvalue weighted by Crippen LogP contribution is 2.17. The summed E-state index contributed by atoms with van der Waals surface area (Å²) in [6.45, 7) is 3.62. The highest BCUT2D eigenvalue weighted by molar-refractivity contribution is 7.99. The fraction of sp³-hybridized carbons (Fsp3) is 0.350. The highest BCUT2D eigenvalue weighted by atomic mass is 35.5. The molecule has 0 atom stereocenters. The van der Waals surface area contributed by atoms with Gasteiger partial charge in [-0.25, -0.2) is 4.98 Å². The van der Waals surface area contributed by atoms with Gasteiger partial charge in [0.15, 0.2) is 4.96 Å². The van der Waals surface area contributed by atoms with E-state index in [9.17, 15) is 9.59 Å². The Balaban J connectivity index is 1.24. The molecular formula is C20H21ClN4O2S2. The van der Waals surface area contributed by atoms with Crippen LogP contribution >= 0.6 is 34.7 Å². The molecule has 4 rings (SSSR count). The Labute approximate surface area is 182 Å². The first-order chi connectivity index (χ1) is 14.1. The average molecular weight is 449 g/mol. The van der Waals surface area contributed by atoms with Crippen molar-refractivity contribution in [3.8, 4) is 0 Å². The smallest absolute Gasteiger partial charge is 0.258 e. The maximum absolute atomic E-state index is 12.5. The number of hydrogen-bond acceptors (Lipinski definition) is 6. The number of hydrogen-bond donors (Lipinski definition) is 0. The predicted octanol–water partition coefficient (Wildman–Crippen LogP) is 2.99. The van der Waals surface area contributed by atoms with Crippen LogP contribution in [-0.4, -0.2) is 57.0 Å². The number of thioether (sulfide) groups is 1. The molecule has 3 aromatic rings. The van der Waals surface area contributed by atoms with Crippen molar-refractivity contribution in [2.75, 3.05) is 31.9 Å². The van der Waals surface area contributed by atoms with Gasteiger partial charge in [-0.05, 0) is 17.7 Å². The van der Waals surface area contributed by atoms with E-state index in [0.717, 1.165) is 40.1 Å². The first-order valence-electron chi connectivity index (χ1n) is 9.36. The second kappa shape index (κ2) is 9.30. The molecule has 0 radical (unpaired) electrons. The van der Waals surface area contributed by atoms with Gasteiger partial charge >= 0.3 is 0 Å². The van der Waals surface area contributed by atoms with Crippen molar-refractivity contribution < 1.29 is 4.79 Å². The van der Waals surface area contributed by atoms with Crippen LogP contribution in [0.4, 0.5) is 0 Å². The number of rotatable bonds is 6. The summed E-state index contributed by atoms with van der Waals surface area (Å²) >= 11 is 9.07. The number of carbonyl (C=O) groups is 1. The van der Waals surface area contributed by atoms with Crippen LogP contribution in [-0.2, 0) is 17.1 Å². The van der Waals surface area contributed by atoms with E-state index in [0.29, 0.717) is 25.4 Å². The number of amides is 1. The van der Waals surface area contributed by atoms with Crippen LogP contribution in [0.15, 0.2) is 46.7 Å². The van der Waals surface area contributed by atoms with E-state index >= 15 is 0 Å². The van der Waals surface area contributed by atoms with Gasteiger partial charge in [0.1, 0.15) is 0 Å². The van der Waals surface area contributed by atoms with E-state index in [4.69, 9.17) is 11.6 Å². The lowest BCUT2D eigenvalue weighted by Crippen LogP contribution is -2.49. The minimum atomic E-state index is -0.0446. The van der Waals surface area contributed by atoms with Gasteiger partial charge in [0.05, 0.1) is 11.4 Å². The fourth-order valence-electron chi connectivity index (χ4n) is 3.33. The van der Waals surface area contributed by atoms with Crippen molar-refractivity contribution in [3.63, 3.8) is 0 Å². The lowest BCUT2D eigenvalue weighted by Gasteiger charge is -2.34. The fourth-order valence-corrected chi connectivity index (χ4v) is 5.15. The molecule has 1 aromatic carbocycles. The molecule has 9 heteroatoms. The summed E-state index contributed by atoms with van der Waals surface area (Å²) in [5.74, 6) is 1.42. The van der Waals surface area contributed by atoms with Gasteiger partial charge in [0.2, 0.25) is 5.91 Å². The summed E-state index contributed by atoms with van der Waals surface area (Å²) in [5, 5.41) is 2.59. The monoisotopic (exact) mass is 448 g/mol. The third-order valence-corrected chi connectivity index (χ3v) is 6.83. The SMILES string of the molecule is O=C(CSCc1cccc(Cl)c1)N1CCN(Cc2cc(=O)n3ccsc3n2)CC1. The topological polar surface area (TPSA) is 57.9 Å². The van der Waals surface area contributed by atoms with Crippen molar-refractivity contribution in [2.45, 2.75) is 12.3 Å². The number of nitrogens with zero attached hydrogens (tertiary/aromatic N) is 4. The molecule has 0 N–H and O–H groups in total. The summed E-state index contributed by atoms with van der Waals surface area (Å²) < 4.78 is 1.56. The van der Waals surface area contributed by atoms with Crippen molar-refractivity contribution in [2.24, 2.45) is 0 Å². The highest BCUT2D eigenvalue weighted by Gasteiger charge is 2.21. The van der Waals surface area contributed by atoms with Crippen LogP contribution in [0.5, 0.6) is 0 Å². The van der Waals surface area contributed by atoms with Gasteiger partial charge in [-0.2, -0.15) is 0 Å². The van der Waals surface area contributed by atoms with E-state index in [2.05, 4.69) is 9.88 Å². The van der Waals surface area contributed by atoms with E-state index < -0.39 is 0 Å². The van der Waals surface area contributed by atoms with Crippen molar-refractivity contribution in [1.29, 1.82) is 0 Å². The molecule has 1 aliphatic rings. The first kappa shape index (κ1) is 20.4. The number of aromatic nitrogens is 2. The summed E-state index contributed by atoms with van der Waals surface area (Å²) in [7, 11) is 0. The molecule has 0 aliphatic carbocycles. The molecule has 1 fully saturated rings. The quantitative estimate of drug-likeness (QED) is 0.580. The van der Waals surface area contributed by atoms with Crippen LogP contribution in [0.25, 0.3) is 4.96 Å². The van der Waals surface area contributed by atoms with Crippen LogP contribution in [0, 0.1) is 0 Å². The number of thiazole rings is 1. The zero-order valence-corrected chi connectivity index (χ0v) is 18.2. The third-order valence-electron chi connectivity index (χ3n) is 4.85. The second-order valence-corrected chi connectivity index (χ2v) is 9.22. The Morgan fingerprint density at radius 2 is 2.03 bits per heavy atom. The summed E-state index contributed by atoms with van der Waals surface area (Å²) in [5.41, 5.74) is 1.87. The van der Waals surface area contributed by atoms with Crippen LogP contribution in [0.1, 0.15) is 11.3 Å². The molecule has 0 unspecified atom stereocenters. The van der Waals surface area contributed by atoms with E-state index in [1.54, 1.807) is 28.4 Å². The first-order valence-corrected chi connectivity index (χ1v) is 11.8. The number of piperazine rings is 1. The van der Waals surface area contributed by atoms with Gasteiger partial charge in [0, 0.05) is 61.1 Å². The third kappa shape index (κ3) is 5.19. The standard InChI is InChI=1S/C20H21ClN4O2S2/c21-16-3-1-2-15(10-16)13-28-14-19(27)24-6-4-23(5-7-24)12-17-11-18(26)25-8-9-29-20(25)22-17/h1-3,8-11H,4-7,12-14H2. The number of benzene rings is 1. The maximum Gasteiger partial charge on any atom is 0.258 e. The molecule has 2 aromatic heterocycles. The molecular weight excluding hydrogens is 428 g/mol. The van der Waals surface area contributed by atoms with Gasteiger partial charge in [-0.1, -0.05) is 23.7 Å². The molecule has 0 saturated carbocycles. The molecule has 1 amide bonds. The molecule has 0 bridgehead atoms. The number of carbonyl (C=O) groups excluding carboxylic acids is 1. The second-order valence-electron chi connectivity index (χ2n) is 6.92. The number of halogens is 1. The summed E-state index contributed by atoms with van der Waals surface area (Å²) in [6, 6.07) is 9.34. The van der Waals surface area contributed by atoms with E-state index in [1.165, 1.54) is 11.3 Å². The Bertz CT molecular complexity index is 1060. The Hall–Kier alpha value is -1.87. The Morgan fingerprint density at radius 1 is 1.21 bits per heavy atom. The number of fused-ring (bicyclic) bond motifs is 1. The minimum Gasteiger partial charge on any atom is -0.339 e. The van der Waals surface area contributed by atoms with Crippen LogP contribution in [0.2, 0.25) is 5.02 Å². The van der Waals surface area contributed by atoms with Crippen LogP contribution < -0.4 is 5.56 Å². The Kier molecular flexibility index (Phi) is 6.54. The molecule has 6 nitrogen and oxygen atoms in total. The molecule has 29 heavy (non-hydrogen) atoms. The summed E-state index contributed by atoms with van der Waals surface area (Å²) in [6.07, 6.45) is 1.74. The zero-order chi connectivity index (χ0) is 20.2. The maximum atomic E-state index is 12.5.